The number of para-hydroxylation sites is 1. The van der Waals surface area contributed by atoms with E-state index >= 15 is 0 Å². The van der Waals surface area contributed by atoms with Crippen LogP contribution < -0.4 is 0 Å². The van der Waals surface area contributed by atoms with Crippen LogP contribution >= 0.6 is 11.8 Å². The average Bonchev–Trinajstić information content (AvgIpc) is 2.90. The molecule has 0 saturated carbocycles. The van der Waals surface area contributed by atoms with E-state index in [2.05, 4.69) is 70.4 Å². The molecule has 0 amide bonds. The summed E-state index contributed by atoms with van der Waals surface area (Å²) in [5, 5.41) is 2.44. The molecule has 3 heteroatoms. The minimum Gasteiger partial charge on any atom is -0.294 e. The predicted molar refractivity (Wildman–Crippen MR) is 90.4 cm³/mol. The number of benzene rings is 2. The summed E-state index contributed by atoms with van der Waals surface area (Å²) in [4.78, 5) is 5.87. The zero-order valence-electron chi connectivity index (χ0n) is 11.7. The number of rotatable bonds is 2. The van der Waals surface area contributed by atoms with Gasteiger partial charge in [0.2, 0.25) is 0 Å². The van der Waals surface area contributed by atoms with Gasteiger partial charge in [0, 0.05) is 27.6 Å². The maximum Gasteiger partial charge on any atom is 0.145 e. The number of thioether (sulfide) groups is 1. The molecule has 0 N–H and O–H groups in total. The number of aromatic nitrogens is 2. The number of nitrogens with zero attached hydrogens (tertiary/aromatic N) is 2. The molecular formula is C18H14N2S. The Labute approximate surface area is 127 Å². The van der Waals surface area contributed by atoms with Gasteiger partial charge in [0.1, 0.15) is 5.65 Å². The summed E-state index contributed by atoms with van der Waals surface area (Å²) in [5.74, 6) is 0. The molecule has 0 atom stereocenters. The van der Waals surface area contributed by atoms with E-state index in [1.165, 1.54) is 21.2 Å². The van der Waals surface area contributed by atoms with E-state index in [-0.39, 0.29) is 0 Å². The summed E-state index contributed by atoms with van der Waals surface area (Å²) in [7, 11) is 0. The van der Waals surface area contributed by atoms with Crippen molar-refractivity contribution < 1.29 is 0 Å². The van der Waals surface area contributed by atoms with Crippen molar-refractivity contribution in [3.8, 4) is 5.69 Å². The van der Waals surface area contributed by atoms with Crippen molar-refractivity contribution in [2.45, 2.75) is 4.90 Å². The monoisotopic (exact) mass is 290 g/mol. The standard InChI is InChI=1S/C18H14N2S/c1-21-14-10-8-13(9-11-14)20-17-7-3-2-5-15(17)16-6-4-12-19-18(16)20/h2-12H,1H3. The van der Waals surface area contributed by atoms with Crippen LogP contribution in [-0.4, -0.2) is 15.8 Å². The van der Waals surface area contributed by atoms with Gasteiger partial charge in [-0.1, -0.05) is 18.2 Å². The van der Waals surface area contributed by atoms with E-state index < -0.39 is 0 Å². The molecule has 0 aliphatic heterocycles. The van der Waals surface area contributed by atoms with Gasteiger partial charge in [0.25, 0.3) is 0 Å². The van der Waals surface area contributed by atoms with Crippen molar-refractivity contribution in [1.82, 2.24) is 9.55 Å². The molecule has 2 aromatic heterocycles. The lowest BCUT2D eigenvalue weighted by molar-refractivity contribution is 1.13. The molecule has 2 aromatic carbocycles. The zero-order chi connectivity index (χ0) is 14.2. The topological polar surface area (TPSA) is 17.8 Å². The maximum absolute atomic E-state index is 4.60. The zero-order valence-corrected chi connectivity index (χ0v) is 12.5. The molecule has 0 unspecified atom stereocenters. The van der Waals surface area contributed by atoms with Crippen molar-refractivity contribution in [1.29, 1.82) is 0 Å². The Hall–Kier alpha value is -2.26. The van der Waals surface area contributed by atoms with Crippen LogP contribution in [0, 0.1) is 0 Å². The lowest BCUT2D eigenvalue weighted by Gasteiger charge is -2.07. The van der Waals surface area contributed by atoms with E-state index in [0.717, 1.165) is 11.3 Å². The highest BCUT2D eigenvalue weighted by Gasteiger charge is 2.11. The molecule has 2 heterocycles. The second-order valence-corrected chi connectivity index (χ2v) is 5.80. The van der Waals surface area contributed by atoms with Gasteiger partial charge in [-0.2, -0.15) is 0 Å². The van der Waals surface area contributed by atoms with E-state index in [1.807, 2.05) is 12.3 Å². The van der Waals surface area contributed by atoms with Crippen LogP contribution in [0.2, 0.25) is 0 Å². The molecule has 4 aromatic rings. The summed E-state index contributed by atoms with van der Waals surface area (Å²) >= 11 is 1.76. The molecule has 0 bridgehead atoms. The van der Waals surface area contributed by atoms with Gasteiger partial charge in [-0.25, -0.2) is 4.98 Å². The number of hydrogen-bond acceptors (Lipinski definition) is 2. The van der Waals surface area contributed by atoms with Crippen LogP contribution in [-0.2, 0) is 0 Å². The molecule has 102 valence electrons. The Morgan fingerprint density at radius 3 is 2.43 bits per heavy atom. The molecule has 21 heavy (non-hydrogen) atoms. The predicted octanol–water partition coefficient (Wildman–Crippen LogP) is 4.90. The highest BCUT2D eigenvalue weighted by Crippen LogP contribution is 2.30. The van der Waals surface area contributed by atoms with Crippen molar-refractivity contribution in [2.75, 3.05) is 6.26 Å². The van der Waals surface area contributed by atoms with Crippen molar-refractivity contribution in [3.63, 3.8) is 0 Å². The van der Waals surface area contributed by atoms with Crippen LogP contribution in [0.15, 0.2) is 71.8 Å². The van der Waals surface area contributed by atoms with Crippen molar-refractivity contribution in [3.05, 3.63) is 66.9 Å². The fourth-order valence-corrected chi connectivity index (χ4v) is 3.20. The second kappa shape index (κ2) is 4.93. The fourth-order valence-electron chi connectivity index (χ4n) is 2.79. The smallest absolute Gasteiger partial charge is 0.145 e. The molecule has 0 fully saturated rings. The molecule has 0 aliphatic carbocycles. The first-order valence-corrected chi connectivity index (χ1v) is 8.09. The summed E-state index contributed by atoms with van der Waals surface area (Å²) in [6.07, 6.45) is 3.95. The number of fused-ring (bicyclic) bond motifs is 3. The first-order chi connectivity index (χ1) is 10.4. The lowest BCUT2D eigenvalue weighted by Crippen LogP contribution is -1.94. The molecule has 2 nitrogen and oxygen atoms in total. The third-order valence-electron chi connectivity index (χ3n) is 3.76. The molecule has 4 rings (SSSR count). The Morgan fingerprint density at radius 2 is 1.62 bits per heavy atom. The van der Waals surface area contributed by atoms with E-state index in [0.29, 0.717) is 0 Å². The van der Waals surface area contributed by atoms with Gasteiger partial charge in [-0.15, -0.1) is 11.8 Å². The minimum absolute atomic E-state index is 1.01. The molecule has 0 spiro atoms. The first kappa shape index (κ1) is 12.5. The van der Waals surface area contributed by atoms with Gasteiger partial charge in [-0.3, -0.25) is 4.57 Å². The van der Waals surface area contributed by atoms with Crippen LogP contribution in [0.4, 0.5) is 0 Å². The Kier molecular flexibility index (Phi) is 2.93. The van der Waals surface area contributed by atoms with Crippen LogP contribution in [0.5, 0.6) is 0 Å². The van der Waals surface area contributed by atoms with Crippen LogP contribution in [0.3, 0.4) is 0 Å². The SMILES string of the molecule is CSc1ccc(-n2c3ccccc3c3cccnc32)cc1. The highest BCUT2D eigenvalue weighted by molar-refractivity contribution is 7.98. The third-order valence-corrected chi connectivity index (χ3v) is 4.51. The van der Waals surface area contributed by atoms with Gasteiger partial charge >= 0.3 is 0 Å². The fraction of sp³-hybridized carbons (Fsp3) is 0.0556. The van der Waals surface area contributed by atoms with Gasteiger partial charge in [0.15, 0.2) is 0 Å². The van der Waals surface area contributed by atoms with E-state index in [4.69, 9.17) is 0 Å². The van der Waals surface area contributed by atoms with Gasteiger partial charge in [0.05, 0.1) is 5.52 Å². The summed E-state index contributed by atoms with van der Waals surface area (Å²) < 4.78 is 2.23. The lowest BCUT2D eigenvalue weighted by atomic mass is 10.2. The normalized spacial score (nSPS) is 11.3. The maximum atomic E-state index is 4.60. The highest BCUT2D eigenvalue weighted by atomic mass is 32.2. The minimum atomic E-state index is 1.01. The largest absolute Gasteiger partial charge is 0.294 e. The van der Waals surface area contributed by atoms with Crippen LogP contribution in [0.1, 0.15) is 0 Å². The van der Waals surface area contributed by atoms with Gasteiger partial charge in [-0.05, 0) is 48.7 Å². The van der Waals surface area contributed by atoms with E-state index in [1.54, 1.807) is 11.8 Å². The molecule has 0 aliphatic rings. The second-order valence-electron chi connectivity index (χ2n) is 4.93. The summed E-state index contributed by atoms with van der Waals surface area (Å²) in [5.41, 5.74) is 3.36. The molecule has 0 saturated heterocycles. The molecular weight excluding hydrogens is 276 g/mol. The third kappa shape index (κ3) is 1.93. The van der Waals surface area contributed by atoms with Gasteiger partial charge < -0.3 is 0 Å². The number of pyridine rings is 1. The van der Waals surface area contributed by atoms with Crippen LogP contribution in [0.25, 0.3) is 27.6 Å². The quantitative estimate of drug-likeness (QED) is 0.489. The van der Waals surface area contributed by atoms with E-state index in [9.17, 15) is 0 Å². The molecule has 0 radical (unpaired) electrons. The Bertz CT molecular complexity index is 870. The Balaban J connectivity index is 2.09. The summed E-state index contributed by atoms with van der Waals surface area (Å²) in [6.45, 7) is 0. The first-order valence-electron chi connectivity index (χ1n) is 6.87. The number of hydrogen-bond donors (Lipinski definition) is 0. The van der Waals surface area contributed by atoms with Crippen molar-refractivity contribution in [2.24, 2.45) is 0 Å². The summed E-state index contributed by atoms with van der Waals surface area (Å²) in [6, 6.07) is 21.2. The van der Waals surface area contributed by atoms with Crippen molar-refractivity contribution >= 4 is 33.7 Å². The Morgan fingerprint density at radius 1 is 0.857 bits per heavy atom. The average molecular weight is 290 g/mol.